The summed E-state index contributed by atoms with van der Waals surface area (Å²) in [4.78, 5) is 16.1. The highest BCUT2D eigenvalue weighted by Crippen LogP contribution is 2.36. The van der Waals surface area contributed by atoms with Crippen LogP contribution in [0.3, 0.4) is 0 Å². The standard InChI is InChI=1S/C24H36N2O3/c1-28-22-8-6-20(7-9-22)24(12-16-29-17-13-24)23(27)25-18-19-10-14-26(15-11-19)21-4-2-3-5-21/h6-9,19,21H,2-5,10-18H2,1H3,(H,25,27). The van der Waals surface area contributed by atoms with Crippen LogP contribution in [0.4, 0.5) is 0 Å². The van der Waals surface area contributed by atoms with E-state index in [-0.39, 0.29) is 5.91 Å². The summed E-state index contributed by atoms with van der Waals surface area (Å²) in [5, 5.41) is 3.33. The van der Waals surface area contributed by atoms with Gasteiger partial charge in [-0.1, -0.05) is 25.0 Å². The molecule has 5 nitrogen and oxygen atoms in total. The smallest absolute Gasteiger partial charge is 0.230 e. The molecule has 2 saturated heterocycles. The first-order valence-corrected chi connectivity index (χ1v) is 11.5. The molecule has 1 amide bonds. The molecule has 29 heavy (non-hydrogen) atoms. The van der Waals surface area contributed by atoms with Crippen LogP contribution >= 0.6 is 0 Å². The summed E-state index contributed by atoms with van der Waals surface area (Å²) in [7, 11) is 1.67. The molecule has 1 N–H and O–H groups in total. The van der Waals surface area contributed by atoms with E-state index in [0.717, 1.165) is 36.7 Å². The molecule has 2 heterocycles. The number of piperidine rings is 1. The number of carbonyl (C=O) groups excluding carboxylic acids is 1. The Hall–Kier alpha value is -1.59. The fraction of sp³-hybridized carbons (Fsp3) is 0.708. The number of methoxy groups -OCH3 is 1. The third kappa shape index (κ3) is 4.61. The second kappa shape index (κ2) is 9.48. The zero-order valence-electron chi connectivity index (χ0n) is 17.8. The van der Waals surface area contributed by atoms with Gasteiger partial charge >= 0.3 is 0 Å². The molecule has 3 aliphatic rings. The Morgan fingerprint density at radius 3 is 2.38 bits per heavy atom. The van der Waals surface area contributed by atoms with Crippen LogP contribution < -0.4 is 10.1 Å². The van der Waals surface area contributed by atoms with Crippen molar-refractivity contribution in [2.45, 2.75) is 62.8 Å². The number of rotatable bonds is 6. The topological polar surface area (TPSA) is 50.8 Å². The van der Waals surface area contributed by atoms with E-state index in [1.807, 2.05) is 24.3 Å². The Balaban J connectivity index is 1.35. The van der Waals surface area contributed by atoms with Crippen molar-refractivity contribution in [3.05, 3.63) is 29.8 Å². The Morgan fingerprint density at radius 2 is 1.76 bits per heavy atom. The number of nitrogens with one attached hydrogen (secondary N) is 1. The predicted molar refractivity (Wildman–Crippen MR) is 114 cm³/mol. The quantitative estimate of drug-likeness (QED) is 0.794. The van der Waals surface area contributed by atoms with Gasteiger partial charge in [-0.05, 0) is 75.2 Å². The molecule has 1 aliphatic carbocycles. The van der Waals surface area contributed by atoms with Crippen LogP contribution in [0.25, 0.3) is 0 Å². The Bertz CT molecular complexity index is 655. The first kappa shape index (κ1) is 20.7. The SMILES string of the molecule is COc1ccc(C2(C(=O)NCC3CCN(C4CCCC4)CC3)CCOCC2)cc1. The molecule has 5 heteroatoms. The minimum atomic E-state index is -0.477. The van der Waals surface area contributed by atoms with E-state index in [1.54, 1.807) is 7.11 Å². The summed E-state index contributed by atoms with van der Waals surface area (Å²) in [5.74, 6) is 1.60. The van der Waals surface area contributed by atoms with Gasteiger partial charge in [0.15, 0.2) is 0 Å². The normalized spacial score (nSPS) is 23.8. The molecule has 160 valence electrons. The van der Waals surface area contributed by atoms with Crippen molar-refractivity contribution in [2.24, 2.45) is 5.92 Å². The molecular weight excluding hydrogens is 364 g/mol. The number of likely N-dealkylation sites (tertiary alicyclic amines) is 1. The Morgan fingerprint density at radius 1 is 1.10 bits per heavy atom. The van der Waals surface area contributed by atoms with Gasteiger partial charge in [0.1, 0.15) is 5.75 Å². The predicted octanol–water partition coefficient (Wildman–Crippen LogP) is 3.51. The van der Waals surface area contributed by atoms with E-state index in [4.69, 9.17) is 9.47 Å². The molecular formula is C24H36N2O3. The lowest BCUT2D eigenvalue weighted by Gasteiger charge is -2.38. The molecule has 1 aromatic carbocycles. The zero-order chi connectivity index (χ0) is 20.1. The van der Waals surface area contributed by atoms with Crippen LogP contribution in [-0.4, -0.2) is 56.8 Å². The maximum Gasteiger partial charge on any atom is 0.230 e. The van der Waals surface area contributed by atoms with Crippen molar-refractivity contribution < 1.29 is 14.3 Å². The monoisotopic (exact) mass is 400 g/mol. The third-order valence-corrected chi connectivity index (χ3v) is 7.47. The van der Waals surface area contributed by atoms with Gasteiger partial charge in [0.25, 0.3) is 0 Å². The summed E-state index contributed by atoms with van der Waals surface area (Å²) in [6, 6.07) is 8.83. The molecule has 1 saturated carbocycles. The average molecular weight is 401 g/mol. The van der Waals surface area contributed by atoms with Crippen LogP contribution in [0.5, 0.6) is 5.75 Å². The second-order valence-electron chi connectivity index (χ2n) is 9.05. The third-order valence-electron chi connectivity index (χ3n) is 7.47. The zero-order valence-corrected chi connectivity index (χ0v) is 17.8. The largest absolute Gasteiger partial charge is 0.497 e. The van der Waals surface area contributed by atoms with Crippen molar-refractivity contribution in [1.82, 2.24) is 10.2 Å². The van der Waals surface area contributed by atoms with Gasteiger partial charge in [-0.15, -0.1) is 0 Å². The lowest BCUT2D eigenvalue weighted by atomic mass is 9.73. The second-order valence-corrected chi connectivity index (χ2v) is 9.05. The Kier molecular flexibility index (Phi) is 6.76. The van der Waals surface area contributed by atoms with Crippen LogP contribution in [0.1, 0.15) is 56.9 Å². The van der Waals surface area contributed by atoms with E-state index in [1.165, 1.54) is 51.6 Å². The summed E-state index contributed by atoms with van der Waals surface area (Å²) < 4.78 is 10.9. The molecule has 0 unspecified atom stereocenters. The fourth-order valence-electron chi connectivity index (χ4n) is 5.47. The molecule has 1 aromatic rings. The van der Waals surface area contributed by atoms with Gasteiger partial charge < -0.3 is 19.7 Å². The van der Waals surface area contributed by atoms with Crippen LogP contribution in [-0.2, 0) is 14.9 Å². The number of hydrogen-bond donors (Lipinski definition) is 1. The van der Waals surface area contributed by atoms with Crippen LogP contribution in [0, 0.1) is 5.92 Å². The van der Waals surface area contributed by atoms with Gasteiger partial charge in [-0.2, -0.15) is 0 Å². The first-order valence-electron chi connectivity index (χ1n) is 11.5. The van der Waals surface area contributed by atoms with Crippen LogP contribution in [0.2, 0.25) is 0 Å². The molecule has 3 fully saturated rings. The van der Waals surface area contributed by atoms with E-state index in [9.17, 15) is 4.79 Å². The number of nitrogens with zero attached hydrogens (tertiary/aromatic N) is 1. The molecule has 0 atom stereocenters. The van der Waals surface area contributed by atoms with Gasteiger partial charge in [-0.25, -0.2) is 0 Å². The van der Waals surface area contributed by atoms with Crippen molar-refractivity contribution in [3.8, 4) is 5.75 Å². The number of benzene rings is 1. The highest BCUT2D eigenvalue weighted by Gasteiger charge is 2.42. The average Bonchev–Trinajstić information content (AvgIpc) is 3.33. The highest BCUT2D eigenvalue weighted by molar-refractivity contribution is 5.88. The molecule has 4 rings (SSSR count). The lowest BCUT2D eigenvalue weighted by Crippen LogP contribution is -2.50. The molecule has 0 radical (unpaired) electrons. The van der Waals surface area contributed by atoms with Crippen molar-refractivity contribution in [3.63, 3.8) is 0 Å². The molecule has 0 bridgehead atoms. The summed E-state index contributed by atoms with van der Waals surface area (Å²) >= 11 is 0. The van der Waals surface area contributed by atoms with Crippen LogP contribution in [0.15, 0.2) is 24.3 Å². The summed E-state index contributed by atoms with van der Waals surface area (Å²) in [6.45, 7) is 4.47. The number of hydrogen-bond acceptors (Lipinski definition) is 4. The van der Waals surface area contributed by atoms with E-state index >= 15 is 0 Å². The van der Waals surface area contributed by atoms with Gasteiger partial charge in [0, 0.05) is 25.8 Å². The van der Waals surface area contributed by atoms with E-state index in [2.05, 4.69) is 10.2 Å². The Labute approximate surface area is 175 Å². The maximum atomic E-state index is 13.4. The molecule has 2 aliphatic heterocycles. The van der Waals surface area contributed by atoms with Gasteiger partial charge in [0.2, 0.25) is 5.91 Å². The highest BCUT2D eigenvalue weighted by atomic mass is 16.5. The van der Waals surface area contributed by atoms with E-state index in [0.29, 0.717) is 19.1 Å². The summed E-state index contributed by atoms with van der Waals surface area (Å²) in [6.07, 6.45) is 9.46. The van der Waals surface area contributed by atoms with E-state index < -0.39 is 5.41 Å². The molecule has 0 aromatic heterocycles. The van der Waals surface area contributed by atoms with Crippen molar-refractivity contribution >= 4 is 5.91 Å². The lowest BCUT2D eigenvalue weighted by molar-refractivity contribution is -0.130. The maximum absolute atomic E-state index is 13.4. The summed E-state index contributed by atoms with van der Waals surface area (Å²) in [5.41, 5.74) is 0.602. The van der Waals surface area contributed by atoms with Gasteiger partial charge in [-0.3, -0.25) is 4.79 Å². The van der Waals surface area contributed by atoms with Gasteiger partial charge in [0.05, 0.1) is 12.5 Å². The number of amides is 1. The first-order chi connectivity index (χ1) is 14.2. The molecule has 0 spiro atoms. The van der Waals surface area contributed by atoms with Crippen molar-refractivity contribution in [1.29, 1.82) is 0 Å². The fourth-order valence-corrected chi connectivity index (χ4v) is 5.47. The minimum absolute atomic E-state index is 0.171. The minimum Gasteiger partial charge on any atom is -0.497 e. The number of ether oxygens (including phenoxy) is 2. The van der Waals surface area contributed by atoms with Crippen molar-refractivity contribution in [2.75, 3.05) is 40.0 Å². The number of carbonyl (C=O) groups is 1.